The van der Waals surface area contributed by atoms with Crippen LogP contribution in [0.15, 0.2) is 24.3 Å². The van der Waals surface area contributed by atoms with E-state index in [1.165, 1.54) is 205 Å². The first-order chi connectivity index (χ1) is 32.5. The molecule has 0 fully saturated rings. The highest BCUT2D eigenvalue weighted by Gasteiger charge is 2.19. The Hall–Kier alpha value is -2.11. The fourth-order valence-electron chi connectivity index (χ4n) is 8.77. The summed E-state index contributed by atoms with van der Waals surface area (Å²) in [5.74, 6) is -0.862. The molecule has 66 heavy (non-hydrogen) atoms. The van der Waals surface area contributed by atoms with Crippen LogP contribution in [-0.4, -0.2) is 37.2 Å². The first kappa shape index (κ1) is 63.9. The largest absolute Gasteiger partial charge is 0.462 e. The lowest BCUT2D eigenvalue weighted by Gasteiger charge is -2.18. The molecule has 0 aromatic carbocycles. The number of unbranched alkanes of at least 4 members (excludes halogenated alkanes) is 39. The zero-order chi connectivity index (χ0) is 47.9. The van der Waals surface area contributed by atoms with E-state index in [1.807, 2.05) is 0 Å². The predicted molar refractivity (Wildman–Crippen MR) is 284 cm³/mol. The molecule has 0 N–H and O–H groups in total. The molecule has 1 atom stereocenters. The summed E-state index contributed by atoms with van der Waals surface area (Å²) in [5, 5.41) is 0. The van der Waals surface area contributed by atoms with Crippen LogP contribution in [0.1, 0.15) is 323 Å². The molecule has 0 aliphatic heterocycles. The van der Waals surface area contributed by atoms with Gasteiger partial charge in [-0.2, -0.15) is 0 Å². The number of hydrogen-bond acceptors (Lipinski definition) is 6. The Bertz CT molecular complexity index is 1070. The van der Waals surface area contributed by atoms with Crippen molar-refractivity contribution in [2.24, 2.45) is 0 Å². The van der Waals surface area contributed by atoms with E-state index < -0.39 is 6.10 Å². The summed E-state index contributed by atoms with van der Waals surface area (Å²) in [6, 6.07) is 0. The standard InChI is InChI=1S/C60H112O6/c1-4-7-10-13-16-19-22-25-28-30-31-33-35-38-41-44-47-50-53-59(62)65-56-57(55-64-58(61)52-49-46-43-40-37-34-27-24-21-18-15-12-9-6-3)66-60(63)54-51-48-45-42-39-36-32-29-26-23-20-17-14-11-8-5-2/h20,23,29,32,57H,4-19,21-22,24-28,30-31,33-56H2,1-3H3/b23-20-,32-29-. The van der Waals surface area contributed by atoms with Crippen LogP contribution in [0.5, 0.6) is 0 Å². The van der Waals surface area contributed by atoms with Crippen LogP contribution in [0.3, 0.4) is 0 Å². The Labute approximate surface area is 411 Å². The molecule has 0 aromatic heterocycles. The first-order valence-electron chi connectivity index (χ1n) is 29.3. The van der Waals surface area contributed by atoms with E-state index in [2.05, 4.69) is 45.1 Å². The summed E-state index contributed by atoms with van der Waals surface area (Å²) in [6.45, 7) is 6.66. The molecule has 0 amide bonds. The maximum absolute atomic E-state index is 12.8. The van der Waals surface area contributed by atoms with Crippen molar-refractivity contribution < 1.29 is 28.6 Å². The van der Waals surface area contributed by atoms with E-state index in [1.54, 1.807) is 0 Å². The van der Waals surface area contributed by atoms with Gasteiger partial charge in [-0.1, -0.05) is 276 Å². The molecule has 0 rings (SSSR count). The number of rotatable bonds is 54. The molecule has 6 heteroatoms. The fraction of sp³-hybridized carbons (Fsp3) is 0.883. The van der Waals surface area contributed by atoms with Gasteiger partial charge in [-0.3, -0.25) is 14.4 Å². The second-order valence-corrected chi connectivity index (χ2v) is 19.9. The van der Waals surface area contributed by atoms with E-state index in [-0.39, 0.29) is 31.1 Å². The van der Waals surface area contributed by atoms with Gasteiger partial charge in [0.25, 0.3) is 0 Å². The van der Waals surface area contributed by atoms with E-state index in [0.717, 1.165) is 77.0 Å². The minimum atomic E-state index is -0.773. The minimum absolute atomic E-state index is 0.0714. The van der Waals surface area contributed by atoms with Gasteiger partial charge in [-0.05, 0) is 51.4 Å². The van der Waals surface area contributed by atoms with Crippen LogP contribution < -0.4 is 0 Å². The lowest BCUT2D eigenvalue weighted by atomic mass is 10.0. The first-order valence-corrected chi connectivity index (χ1v) is 29.3. The van der Waals surface area contributed by atoms with E-state index in [0.29, 0.717) is 19.3 Å². The summed E-state index contributed by atoms with van der Waals surface area (Å²) in [6.07, 6.45) is 64.5. The highest BCUT2D eigenvalue weighted by Crippen LogP contribution is 2.17. The highest BCUT2D eigenvalue weighted by molar-refractivity contribution is 5.71. The van der Waals surface area contributed by atoms with Crippen LogP contribution in [-0.2, 0) is 28.6 Å². The molecule has 0 saturated carbocycles. The molecule has 0 saturated heterocycles. The minimum Gasteiger partial charge on any atom is -0.462 e. The Kier molecular flexibility index (Phi) is 53.7. The van der Waals surface area contributed by atoms with Crippen molar-refractivity contribution in [1.82, 2.24) is 0 Å². The number of hydrogen-bond donors (Lipinski definition) is 0. The lowest BCUT2D eigenvalue weighted by Crippen LogP contribution is -2.30. The molecule has 0 heterocycles. The van der Waals surface area contributed by atoms with Gasteiger partial charge in [0.05, 0.1) is 0 Å². The molecule has 0 aromatic rings. The molecule has 0 radical (unpaired) electrons. The monoisotopic (exact) mass is 929 g/mol. The smallest absolute Gasteiger partial charge is 0.306 e. The molecule has 1 unspecified atom stereocenters. The normalized spacial score (nSPS) is 12.1. The van der Waals surface area contributed by atoms with Crippen LogP contribution in [0, 0.1) is 0 Å². The van der Waals surface area contributed by atoms with Crippen molar-refractivity contribution in [3.63, 3.8) is 0 Å². The molecule has 388 valence electrons. The number of esters is 3. The molecule has 0 aliphatic carbocycles. The Morgan fingerprint density at radius 1 is 0.303 bits per heavy atom. The number of carbonyl (C=O) groups excluding carboxylic acids is 3. The third-order valence-corrected chi connectivity index (χ3v) is 13.2. The highest BCUT2D eigenvalue weighted by atomic mass is 16.6. The van der Waals surface area contributed by atoms with Crippen molar-refractivity contribution in [2.75, 3.05) is 13.2 Å². The van der Waals surface area contributed by atoms with Gasteiger partial charge < -0.3 is 14.2 Å². The molecular weight excluding hydrogens is 817 g/mol. The number of carbonyl (C=O) groups is 3. The van der Waals surface area contributed by atoms with Crippen LogP contribution in [0.4, 0.5) is 0 Å². The third kappa shape index (κ3) is 52.9. The number of ether oxygens (including phenoxy) is 3. The van der Waals surface area contributed by atoms with E-state index in [9.17, 15) is 14.4 Å². The van der Waals surface area contributed by atoms with Crippen molar-refractivity contribution in [1.29, 1.82) is 0 Å². The fourth-order valence-corrected chi connectivity index (χ4v) is 8.77. The molecule has 0 aliphatic rings. The zero-order valence-electron chi connectivity index (χ0n) is 44.5. The second kappa shape index (κ2) is 55.5. The summed E-state index contributed by atoms with van der Waals surface area (Å²) >= 11 is 0. The quantitative estimate of drug-likeness (QED) is 0.0262. The van der Waals surface area contributed by atoms with Crippen molar-refractivity contribution >= 4 is 17.9 Å². The van der Waals surface area contributed by atoms with Gasteiger partial charge in [-0.15, -0.1) is 0 Å². The maximum atomic E-state index is 12.8. The third-order valence-electron chi connectivity index (χ3n) is 13.2. The molecule has 0 bridgehead atoms. The van der Waals surface area contributed by atoms with Gasteiger partial charge in [0, 0.05) is 19.3 Å². The topological polar surface area (TPSA) is 78.9 Å². The van der Waals surface area contributed by atoms with Crippen LogP contribution >= 0.6 is 0 Å². The Balaban J connectivity index is 4.33. The van der Waals surface area contributed by atoms with Crippen LogP contribution in [0.2, 0.25) is 0 Å². The Morgan fingerprint density at radius 3 is 0.848 bits per heavy atom. The predicted octanol–water partition coefficient (Wildman–Crippen LogP) is 19.5. The van der Waals surface area contributed by atoms with E-state index >= 15 is 0 Å². The van der Waals surface area contributed by atoms with Crippen molar-refractivity contribution in [3.05, 3.63) is 24.3 Å². The lowest BCUT2D eigenvalue weighted by molar-refractivity contribution is -0.167. The van der Waals surface area contributed by atoms with Gasteiger partial charge in [0.2, 0.25) is 0 Å². The maximum Gasteiger partial charge on any atom is 0.306 e. The second-order valence-electron chi connectivity index (χ2n) is 19.9. The molecular formula is C60H112O6. The van der Waals surface area contributed by atoms with Gasteiger partial charge in [-0.25, -0.2) is 0 Å². The summed E-state index contributed by atoms with van der Waals surface area (Å²) in [7, 11) is 0. The van der Waals surface area contributed by atoms with E-state index in [4.69, 9.17) is 14.2 Å². The van der Waals surface area contributed by atoms with Crippen LogP contribution in [0.25, 0.3) is 0 Å². The average molecular weight is 930 g/mol. The summed E-state index contributed by atoms with van der Waals surface area (Å²) in [4.78, 5) is 38.1. The SMILES string of the molecule is CCCCCC/C=C\C/C=C\CCCCCCCC(=O)OC(COC(=O)CCCCCCCCCCCCCCCC)COC(=O)CCCCCCCCCCCCCCCCCCCC. The summed E-state index contributed by atoms with van der Waals surface area (Å²) in [5.41, 5.74) is 0. The molecule has 6 nitrogen and oxygen atoms in total. The summed E-state index contributed by atoms with van der Waals surface area (Å²) < 4.78 is 16.9. The van der Waals surface area contributed by atoms with Crippen molar-refractivity contribution in [3.8, 4) is 0 Å². The van der Waals surface area contributed by atoms with Gasteiger partial charge >= 0.3 is 17.9 Å². The Morgan fingerprint density at radius 2 is 0.545 bits per heavy atom. The molecule has 0 spiro atoms. The average Bonchev–Trinajstić information content (AvgIpc) is 3.31. The number of allylic oxidation sites excluding steroid dienone is 4. The van der Waals surface area contributed by atoms with Gasteiger partial charge in [0.1, 0.15) is 13.2 Å². The zero-order valence-corrected chi connectivity index (χ0v) is 44.5. The van der Waals surface area contributed by atoms with Crippen molar-refractivity contribution in [2.45, 2.75) is 329 Å². The van der Waals surface area contributed by atoms with Gasteiger partial charge in [0.15, 0.2) is 6.10 Å².